The highest BCUT2D eigenvalue weighted by Crippen LogP contribution is 2.32. The Labute approximate surface area is 186 Å². The summed E-state index contributed by atoms with van der Waals surface area (Å²) in [5, 5.41) is 12.2. The summed E-state index contributed by atoms with van der Waals surface area (Å²) in [6.07, 6.45) is 7.63. The summed E-state index contributed by atoms with van der Waals surface area (Å²) in [5.74, 6) is 1.22. The maximum atomic E-state index is 12.4. The van der Waals surface area contributed by atoms with Crippen LogP contribution in [0.3, 0.4) is 0 Å². The smallest absolute Gasteiger partial charge is 0.302 e. The third kappa shape index (κ3) is 5.99. The number of H-pyrrole nitrogens is 1. The minimum atomic E-state index is -2.93. The van der Waals surface area contributed by atoms with Gasteiger partial charge in [0.15, 0.2) is 11.5 Å². The molecule has 1 aliphatic carbocycles. The van der Waals surface area contributed by atoms with Crippen molar-refractivity contribution in [2.24, 2.45) is 17.4 Å². The topological polar surface area (TPSA) is 124 Å². The second kappa shape index (κ2) is 11.3. The van der Waals surface area contributed by atoms with E-state index in [-0.39, 0.29) is 0 Å². The normalized spacial score (nSPS) is 17.3. The number of nitrogens with zero attached hydrogens (tertiary/aromatic N) is 5. The average Bonchev–Trinajstić information content (AvgIpc) is 3.51. The highest BCUT2D eigenvalue weighted by Gasteiger charge is 2.35. The van der Waals surface area contributed by atoms with Gasteiger partial charge in [-0.1, -0.05) is 19.3 Å². The Morgan fingerprint density at radius 1 is 1.09 bits per heavy atom. The molecular weight excluding hydrogens is 418 g/mol. The number of hydrogen-bond donors (Lipinski definition) is 3. The van der Waals surface area contributed by atoms with E-state index < -0.39 is 12.0 Å². The van der Waals surface area contributed by atoms with Crippen molar-refractivity contribution in [3.05, 3.63) is 30.6 Å². The van der Waals surface area contributed by atoms with E-state index in [0.29, 0.717) is 12.8 Å². The van der Waals surface area contributed by atoms with E-state index >= 15 is 0 Å². The van der Waals surface area contributed by atoms with Crippen LogP contribution in [-0.4, -0.2) is 64.4 Å². The van der Waals surface area contributed by atoms with Crippen LogP contribution in [0.5, 0.6) is 0 Å². The average molecular weight is 451 g/mol. The summed E-state index contributed by atoms with van der Waals surface area (Å²) in [6, 6.07) is 3.02. The monoisotopic (exact) mass is 450 g/mol. The molecule has 0 atom stereocenters. The fraction of sp³-hybridized carbons (Fsp3) is 0.571. The standard InChI is InChI=1S/C13H14N6O.C7H13F2N.CH5N/c1-2-11(18-5-7-20-8-6-18)16-13-10(1)9-15-19(13)12-3-4-14-17-12;8-7(9,10)6-4-2-1-3-5-6;1-2/h1-4,9H,5-8H2,(H,14,17);6H,1-5,10H2;2H2,1H3. The summed E-state index contributed by atoms with van der Waals surface area (Å²) in [7, 11) is 1.50. The summed E-state index contributed by atoms with van der Waals surface area (Å²) in [6.45, 7) is 3.24. The molecule has 0 aromatic carbocycles. The molecule has 1 saturated heterocycles. The van der Waals surface area contributed by atoms with Crippen LogP contribution in [0.1, 0.15) is 32.1 Å². The lowest BCUT2D eigenvalue weighted by atomic mass is 9.88. The van der Waals surface area contributed by atoms with Gasteiger partial charge in [-0.2, -0.15) is 23.7 Å². The zero-order valence-corrected chi connectivity index (χ0v) is 18.4. The number of aromatic nitrogens is 5. The van der Waals surface area contributed by atoms with Gasteiger partial charge in [0.05, 0.1) is 25.6 Å². The highest BCUT2D eigenvalue weighted by molar-refractivity contribution is 5.78. The molecule has 4 heterocycles. The molecule has 2 fully saturated rings. The van der Waals surface area contributed by atoms with Gasteiger partial charge >= 0.3 is 6.05 Å². The summed E-state index contributed by atoms with van der Waals surface area (Å²) < 4.78 is 31.9. The first-order valence-corrected chi connectivity index (χ1v) is 10.9. The number of alkyl halides is 2. The van der Waals surface area contributed by atoms with E-state index in [1.807, 2.05) is 24.4 Å². The lowest BCUT2D eigenvalue weighted by Crippen LogP contribution is -2.38. The predicted octanol–water partition coefficient (Wildman–Crippen LogP) is 2.67. The second-order valence-electron chi connectivity index (χ2n) is 7.69. The molecule has 11 heteroatoms. The largest absolute Gasteiger partial charge is 0.378 e. The molecule has 0 bridgehead atoms. The van der Waals surface area contributed by atoms with Crippen molar-refractivity contribution in [2.75, 3.05) is 38.3 Å². The molecule has 3 aromatic heterocycles. The van der Waals surface area contributed by atoms with Gasteiger partial charge in [-0.05, 0) is 32.0 Å². The summed E-state index contributed by atoms with van der Waals surface area (Å²) in [5.41, 5.74) is 10.0. The molecular formula is C21H32F2N8O. The van der Waals surface area contributed by atoms with Gasteiger partial charge < -0.3 is 15.4 Å². The first-order valence-electron chi connectivity index (χ1n) is 10.9. The van der Waals surface area contributed by atoms with Crippen molar-refractivity contribution >= 4 is 16.9 Å². The lowest BCUT2D eigenvalue weighted by molar-refractivity contribution is -0.0647. The van der Waals surface area contributed by atoms with Crippen molar-refractivity contribution in [3.63, 3.8) is 0 Å². The molecule has 1 aliphatic heterocycles. The van der Waals surface area contributed by atoms with Crippen LogP contribution in [0, 0.1) is 5.92 Å². The van der Waals surface area contributed by atoms with Crippen LogP contribution < -0.4 is 16.4 Å². The number of pyridine rings is 1. The second-order valence-corrected chi connectivity index (χ2v) is 7.69. The summed E-state index contributed by atoms with van der Waals surface area (Å²) >= 11 is 0. The molecule has 176 valence electrons. The van der Waals surface area contributed by atoms with E-state index in [4.69, 9.17) is 9.72 Å². The van der Waals surface area contributed by atoms with Crippen molar-refractivity contribution in [1.82, 2.24) is 25.0 Å². The zero-order valence-electron chi connectivity index (χ0n) is 18.4. The first kappa shape index (κ1) is 24.0. The lowest BCUT2D eigenvalue weighted by Gasteiger charge is -2.27. The minimum Gasteiger partial charge on any atom is -0.378 e. The Balaban J connectivity index is 0.000000204. The molecule has 1 saturated carbocycles. The van der Waals surface area contributed by atoms with Gasteiger partial charge in [-0.25, -0.2) is 4.98 Å². The molecule has 2 aliphatic rings. The molecule has 0 spiro atoms. The number of nitrogens with two attached hydrogens (primary N) is 2. The third-order valence-corrected chi connectivity index (χ3v) is 5.60. The fourth-order valence-corrected chi connectivity index (χ4v) is 3.89. The van der Waals surface area contributed by atoms with Gasteiger partial charge in [0, 0.05) is 30.5 Å². The molecule has 3 aromatic rings. The fourth-order valence-electron chi connectivity index (χ4n) is 3.89. The van der Waals surface area contributed by atoms with E-state index in [0.717, 1.165) is 68.2 Å². The molecule has 9 nitrogen and oxygen atoms in total. The van der Waals surface area contributed by atoms with Crippen LogP contribution in [0.4, 0.5) is 14.6 Å². The number of hydrogen-bond acceptors (Lipinski definition) is 7. The number of halogens is 2. The van der Waals surface area contributed by atoms with Gasteiger partial charge in [0.1, 0.15) is 5.82 Å². The molecule has 0 radical (unpaired) electrons. The quantitative estimate of drug-likeness (QED) is 0.524. The van der Waals surface area contributed by atoms with E-state index in [1.54, 1.807) is 10.9 Å². The number of ether oxygens (including phenoxy) is 1. The van der Waals surface area contributed by atoms with Crippen molar-refractivity contribution < 1.29 is 13.5 Å². The van der Waals surface area contributed by atoms with E-state index in [2.05, 4.69) is 31.7 Å². The minimum absolute atomic E-state index is 0.554. The van der Waals surface area contributed by atoms with Crippen molar-refractivity contribution in [2.45, 2.75) is 38.2 Å². The predicted molar refractivity (Wildman–Crippen MR) is 120 cm³/mol. The zero-order chi connectivity index (χ0) is 23.0. The Hall–Kier alpha value is -2.63. The van der Waals surface area contributed by atoms with Gasteiger partial charge in [-0.15, -0.1) is 0 Å². The third-order valence-electron chi connectivity index (χ3n) is 5.60. The number of aromatic amines is 1. The number of rotatable bonds is 3. The number of nitrogens with one attached hydrogen (secondary N) is 1. The number of morpholine rings is 1. The van der Waals surface area contributed by atoms with Crippen LogP contribution in [0.15, 0.2) is 30.6 Å². The Morgan fingerprint density at radius 3 is 2.41 bits per heavy atom. The van der Waals surface area contributed by atoms with Crippen LogP contribution >= 0.6 is 0 Å². The molecule has 0 amide bonds. The maximum Gasteiger partial charge on any atom is 0.302 e. The van der Waals surface area contributed by atoms with Gasteiger partial charge in [-0.3, -0.25) is 10.8 Å². The summed E-state index contributed by atoms with van der Waals surface area (Å²) in [4.78, 5) is 6.97. The highest BCUT2D eigenvalue weighted by atomic mass is 19.3. The molecule has 5 N–H and O–H groups in total. The molecule has 32 heavy (non-hydrogen) atoms. The van der Waals surface area contributed by atoms with Crippen LogP contribution in [-0.2, 0) is 4.74 Å². The maximum absolute atomic E-state index is 12.4. The van der Waals surface area contributed by atoms with E-state index in [1.165, 1.54) is 7.05 Å². The number of fused-ring (bicyclic) bond motifs is 1. The van der Waals surface area contributed by atoms with Crippen molar-refractivity contribution in [1.29, 1.82) is 0 Å². The number of anilines is 1. The molecule has 0 unspecified atom stereocenters. The first-order chi connectivity index (χ1) is 15.5. The van der Waals surface area contributed by atoms with Crippen molar-refractivity contribution in [3.8, 4) is 5.82 Å². The Morgan fingerprint density at radius 2 is 1.81 bits per heavy atom. The van der Waals surface area contributed by atoms with Gasteiger partial charge in [0.25, 0.3) is 0 Å². The van der Waals surface area contributed by atoms with Crippen LogP contribution in [0.2, 0.25) is 0 Å². The Kier molecular flexibility index (Phi) is 8.48. The molecule has 5 rings (SSSR count). The van der Waals surface area contributed by atoms with E-state index in [9.17, 15) is 8.78 Å². The van der Waals surface area contributed by atoms with Gasteiger partial charge in [0.2, 0.25) is 0 Å². The Bertz CT molecular complexity index is 929. The van der Waals surface area contributed by atoms with Crippen LogP contribution in [0.25, 0.3) is 16.9 Å². The SMILES string of the molecule is CN.NC(F)(F)C1CCCCC1.c1cc(-n2ncc3ccc(N4CCOCC4)nc32)[nH]n1.